The average molecular weight is 290 g/mol. The Morgan fingerprint density at radius 2 is 2.10 bits per heavy atom. The molecule has 0 bridgehead atoms. The molecule has 0 spiro atoms. The van der Waals surface area contributed by atoms with E-state index in [4.69, 9.17) is 9.47 Å². The van der Waals surface area contributed by atoms with Crippen LogP contribution in [0, 0.1) is 0 Å². The van der Waals surface area contributed by atoms with E-state index in [1.54, 1.807) is 0 Å². The smallest absolute Gasteiger partial charge is 0.251 e. The lowest BCUT2D eigenvalue weighted by atomic mass is 10.2. The molecule has 2 heterocycles. The van der Waals surface area contributed by atoms with Crippen LogP contribution in [0.15, 0.2) is 30.3 Å². The number of nitrogens with zero attached hydrogens (tertiary/aromatic N) is 1. The van der Waals surface area contributed by atoms with Crippen LogP contribution in [0.4, 0.5) is 5.69 Å². The number of hydrogen-bond donors (Lipinski definition) is 1. The lowest BCUT2D eigenvalue weighted by Crippen LogP contribution is -2.47. The molecule has 1 amide bonds. The maximum absolute atomic E-state index is 12.2. The summed E-state index contributed by atoms with van der Waals surface area (Å²) in [4.78, 5) is 14.5. The molecule has 1 aromatic carbocycles. The van der Waals surface area contributed by atoms with E-state index in [1.807, 2.05) is 18.2 Å². The topological polar surface area (TPSA) is 50.8 Å². The van der Waals surface area contributed by atoms with Crippen LogP contribution < -0.4 is 10.2 Å². The number of rotatable bonds is 3. The fraction of sp³-hybridized carbons (Fsp3) is 0.562. The molecule has 3 rings (SSSR count). The Morgan fingerprint density at radius 3 is 2.81 bits per heavy atom. The number of benzene rings is 1. The molecule has 5 heteroatoms. The van der Waals surface area contributed by atoms with Crippen LogP contribution >= 0.6 is 0 Å². The van der Waals surface area contributed by atoms with E-state index in [1.165, 1.54) is 5.69 Å². The molecule has 0 radical (unpaired) electrons. The summed E-state index contributed by atoms with van der Waals surface area (Å²) in [6.45, 7) is 4.46. The summed E-state index contributed by atoms with van der Waals surface area (Å²) in [5, 5.41) is 3.09. The minimum absolute atomic E-state index is 0.0539. The molecule has 0 aliphatic carbocycles. The Hall–Kier alpha value is -1.59. The van der Waals surface area contributed by atoms with Gasteiger partial charge in [0.25, 0.3) is 5.91 Å². The minimum atomic E-state index is -0.458. The molecule has 2 aliphatic heterocycles. The molecule has 2 aliphatic rings. The number of ether oxygens (including phenoxy) is 2. The van der Waals surface area contributed by atoms with Gasteiger partial charge in [0.2, 0.25) is 0 Å². The van der Waals surface area contributed by atoms with Gasteiger partial charge in [-0.3, -0.25) is 4.79 Å². The summed E-state index contributed by atoms with van der Waals surface area (Å²) in [6, 6.07) is 10.9. The summed E-state index contributed by atoms with van der Waals surface area (Å²) in [5.41, 5.74) is 1.21. The van der Waals surface area contributed by atoms with Crippen molar-refractivity contribution in [2.75, 3.05) is 31.3 Å². The maximum atomic E-state index is 12.2. The van der Waals surface area contributed by atoms with Crippen LogP contribution in [0.1, 0.15) is 13.3 Å². The van der Waals surface area contributed by atoms with Crippen LogP contribution in [0.2, 0.25) is 0 Å². The van der Waals surface area contributed by atoms with E-state index in [2.05, 4.69) is 29.3 Å². The summed E-state index contributed by atoms with van der Waals surface area (Å²) in [6.07, 6.45) is 0.494. The third-order valence-electron chi connectivity index (χ3n) is 4.12. The number of para-hydroxylation sites is 1. The first-order valence-electron chi connectivity index (χ1n) is 7.55. The van der Waals surface area contributed by atoms with Crippen LogP contribution in [0.25, 0.3) is 0 Å². The second-order valence-electron chi connectivity index (χ2n) is 5.71. The molecule has 1 N–H and O–H groups in total. The second kappa shape index (κ2) is 6.45. The molecule has 2 fully saturated rings. The van der Waals surface area contributed by atoms with Gasteiger partial charge in [-0.15, -0.1) is 0 Å². The molecule has 0 saturated carbocycles. The fourth-order valence-electron chi connectivity index (χ4n) is 3.05. The van der Waals surface area contributed by atoms with E-state index >= 15 is 0 Å². The van der Waals surface area contributed by atoms with Gasteiger partial charge in [0, 0.05) is 24.3 Å². The first-order chi connectivity index (χ1) is 10.2. The highest BCUT2D eigenvalue weighted by Gasteiger charge is 2.32. The van der Waals surface area contributed by atoms with E-state index in [-0.39, 0.29) is 11.9 Å². The second-order valence-corrected chi connectivity index (χ2v) is 5.71. The zero-order valence-corrected chi connectivity index (χ0v) is 12.3. The van der Waals surface area contributed by atoms with Gasteiger partial charge in [-0.2, -0.15) is 0 Å². The number of anilines is 1. The quantitative estimate of drug-likeness (QED) is 0.908. The van der Waals surface area contributed by atoms with Gasteiger partial charge in [-0.05, 0) is 25.5 Å². The number of hydrogen-bond acceptors (Lipinski definition) is 4. The van der Waals surface area contributed by atoms with E-state index in [0.29, 0.717) is 25.9 Å². The molecule has 114 valence electrons. The average Bonchev–Trinajstić information content (AvgIpc) is 2.89. The standard InChI is InChI=1S/C16H22N2O3/c1-12-9-13(10-18(12)14-5-3-2-4-6-14)17-16(19)15-11-20-7-8-21-15/h2-6,12-13,15H,7-11H2,1H3,(H,17,19)/t12-,13-,15+/m1/s1. The fourth-order valence-corrected chi connectivity index (χ4v) is 3.05. The van der Waals surface area contributed by atoms with Crippen LogP contribution in [-0.2, 0) is 14.3 Å². The van der Waals surface area contributed by atoms with Crippen molar-refractivity contribution in [3.8, 4) is 0 Å². The first kappa shape index (κ1) is 14.4. The number of carbonyl (C=O) groups is 1. The van der Waals surface area contributed by atoms with Gasteiger partial charge < -0.3 is 19.7 Å². The maximum Gasteiger partial charge on any atom is 0.251 e. The lowest BCUT2D eigenvalue weighted by molar-refractivity contribution is -0.148. The Morgan fingerprint density at radius 1 is 1.29 bits per heavy atom. The van der Waals surface area contributed by atoms with Gasteiger partial charge in [0.1, 0.15) is 0 Å². The Kier molecular flexibility index (Phi) is 4.41. The Balaban J connectivity index is 1.57. The summed E-state index contributed by atoms with van der Waals surface area (Å²) in [5.74, 6) is -0.0539. The number of amides is 1. The van der Waals surface area contributed by atoms with Crippen molar-refractivity contribution in [2.24, 2.45) is 0 Å². The third kappa shape index (κ3) is 3.36. The minimum Gasteiger partial charge on any atom is -0.376 e. The van der Waals surface area contributed by atoms with E-state index in [0.717, 1.165) is 13.0 Å². The highest BCUT2D eigenvalue weighted by molar-refractivity contribution is 5.81. The summed E-state index contributed by atoms with van der Waals surface area (Å²) >= 11 is 0. The van der Waals surface area contributed by atoms with Gasteiger partial charge in [0.05, 0.1) is 19.8 Å². The molecule has 1 aromatic rings. The number of carbonyl (C=O) groups excluding carboxylic acids is 1. The summed E-state index contributed by atoms with van der Waals surface area (Å²) in [7, 11) is 0. The molecule has 5 nitrogen and oxygen atoms in total. The normalized spacial score (nSPS) is 29.4. The zero-order chi connectivity index (χ0) is 14.7. The molecular weight excluding hydrogens is 268 g/mol. The van der Waals surface area contributed by atoms with E-state index in [9.17, 15) is 4.79 Å². The SMILES string of the molecule is C[C@@H]1C[C@@H](NC(=O)[C@@H]2COCCO2)CN1c1ccccc1. The van der Waals surface area contributed by atoms with Crippen molar-refractivity contribution in [1.82, 2.24) is 5.32 Å². The van der Waals surface area contributed by atoms with Crippen LogP contribution in [0.3, 0.4) is 0 Å². The van der Waals surface area contributed by atoms with Gasteiger partial charge in [-0.1, -0.05) is 18.2 Å². The Bertz CT molecular complexity index is 474. The summed E-state index contributed by atoms with van der Waals surface area (Å²) < 4.78 is 10.7. The van der Waals surface area contributed by atoms with Crippen molar-refractivity contribution >= 4 is 11.6 Å². The van der Waals surface area contributed by atoms with Crippen LogP contribution in [0.5, 0.6) is 0 Å². The van der Waals surface area contributed by atoms with Crippen molar-refractivity contribution in [3.63, 3.8) is 0 Å². The van der Waals surface area contributed by atoms with Gasteiger partial charge in [0.15, 0.2) is 6.10 Å². The predicted octanol–water partition coefficient (Wildman–Crippen LogP) is 1.19. The van der Waals surface area contributed by atoms with Crippen molar-refractivity contribution in [1.29, 1.82) is 0 Å². The molecular formula is C16H22N2O3. The number of nitrogens with one attached hydrogen (secondary N) is 1. The molecule has 0 aromatic heterocycles. The van der Waals surface area contributed by atoms with Crippen molar-refractivity contribution in [2.45, 2.75) is 31.5 Å². The van der Waals surface area contributed by atoms with Crippen LogP contribution in [-0.4, -0.2) is 50.5 Å². The monoisotopic (exact) mass is 290 g/mol. The predicted molar refractivity (Wildman–Crippen MR) is 80.4 cm³/mol. The molecule has 0 unspecified atom stereocenters. The third-order valence-corrected chi connectivity index (χ3v) is 4.12. The largest absolute Gasteiger partial charge is 0.376 e. The Labute approximate surface area is 125 Å². The molecule has 2 saturated heterocycles. The first-order valence-corrected chi connectivity index (χ1v) is 7.55. The molecule has 21 heavy (non-hydrogen) atoms. The van der Waals surface area contributed by atoms with E-state index < -0.39 is 6.10 Å². The van der Waals surface area contributed by atoms with Crippen molar-refractivity contribution in [3.05, 3.63) is 30.3 Å². The zero-order valence-electron chi connectivity index (χ0n) is 12.3. The highest BCUT2D eigenvalue weighted by Crippen LogP contribution is 2.25. The van der Waals surface area contributed by atoms with Gasteiger partial charge in [-0.25, -0.2) is 0 Å². The lowest BCUT2D eigenvalue weighted by Gasteiger charge is -2.25. The molecule has 3 atom stereocenters. The highest BCUT2D eigenvalue weighted by atomic mass is 16.6. The van der Waals surface area contributed by atoms with Crippen molar-refractivity contribution < 1.29 is 14.3 Å². The van der Waals surface area contributed by atoms with Gasteiger partial charge >= 0.3 is 0 Å².